The van der Waals surface area contributed by atoms with Gasteiger partial charge in [-0.1, -0.05) is 6.92 Å². The Hall–Kier alpha value is -1.70. The maximum Gasteiger partial charge on any atom is 0.243 e. The van der Waals surface area contributed by atoms with Gasteiger partial charge in [0.1, 0.15) is 6.04 Å². The van der Waals surface area contributed by atoms with Crippen molar-refractivity contribution in [3.63, 3.8) is 0 Å². The number of nitrogens with one attached hydrogen (secondary N) is 1. The standard InChI is InChI=1S/C14H20F2N2O3S/c1-5-9(2)17-14(19)10(3)18(22(4,20)21)11-6-7-12(15)13(16)8-11/h6-10H,5H2,1-4H3,(H,17,19)/t9-,10+/m0/s1. The van der Waals surface area contributed by atoms with Crippen LogP contribution in [0.3, 0.4) is 0 Å². The number of hydrogen-bond donors (Lipinski definition) is 1. The number of rotatable bonds is 6. The highest BCUT2D eigenvalue weighted by Crippen LogP contribution is 2.23. The second-order valence-electron chi connectivity index (χ2n) is 5.15. The first-order valence-corrected chi connectivity index (χ1v) is 8.67. The highest BCUT2D eigenvalue weighted by molar-refractivity contribution is 7.92. The van der Waals surface area contributed by atoms with Crippen molar-refractivity contribution >= 4 is 21.6 Å². The molecule has 8 heteroatoms. The summed E-state index contributed by atoms with van der Waals surface area (Å²) in [6, 6.07) is 1.48. The quantitative estimate of drug-likeness (QED) is 0.866. The molecule has 0 spiro atoms. The second-order valence-corrected chi connectivity index (χ2v) is 7.01. The molecule has 1 amide bonds. The number of anilines is 1. The van der Waals surface area contributed by atoms with Gasteiger partial charge >= 0.3 is 0 Å². The molecule has 124 valence electrons. The molecule has 1 aromatic rings. The molecule has 1 N–H and O–H groups in total. The van der Waals surface area contributed by atoms with Crippen LogP contribution in [0.1, 0.15) is 27.2 Å². The molecular formula is C14H20F2N2O3S. The molecule has 22 heavy (non-hydrogen) atoms. The van der Waals surface area contributed by atoms with Crippen LogP contribution in [-0.4, -0.2) is 32.7 Å². The molecule has 0 fully saturated rings. The number of carbonyl (C=O) groups excluding carboxylic acids is 1. The van der Waals surface area contributed by atoms with E-state index in [-0.39, 0.29) is 11.7 Å². The fourth-order valence-electron chi connectivity index (χ4n) is 1.90. The monoisotopic (exact) mass is 334 g/mol. The predicted octanol–water partition coefficient (Wildman–Crippen LogP) is 2.03. The Morgan fingerprint density at radius 2 is 1.86 bits per heavy atom. The number of hydrogen-bond acceptors (Lipinski definition) is 3. The molecule has 1 rings (SSSR count). The van der Waals surface area contributed by atoms with E-state index in [1.165, 1.54) is 6.92 Å². The van der Waals surface area contributed by atoms with E-state index in [0.717, 1.165) is 28.8 Å². The van der Waals surface area contributed by atoms with Gasteiger partial charge in [0, 0.05) is 12.1 Å². The van der Waals surface area contributed by atoms with Gasteiger partial charge in [-0.15, -0.1) is 0 Å². The maximum absolute atomic E-state index is 13.4. The summed E-state index contributed by atoms with van der Waals surface area (Å²) >= 11 is 0. The minimum absolute atomic E-state index is 0.104. The summed E-state index contributed by atoms with van der Waals surface area (Å²) in [6.45, 7) is 5.05. The van der Waals surface area contributed by atoms with E-state index >= 15 is 0 Å². The Labute approximate surface area is 129 Å². The average molecular weight is 334 g/mol. The van der Waals surface area contributed by atoms with E-state index in [0.29, 0.717) is 6.42 Å². The van der Waals surface area contributed by atoms with E-state index in [1.807, 2.05) is 6.92 Å². The summed E-state index contributed by atoms with van der Waals surface area (Å²) in [7, 11) is -3.85. The third-order valence-corrected chi connectivity index (χ3v) is 4.49. The van der Waals surface area contributed by atoms with Crippen LogP contribution >= 0.6 is 0 Å². The molecule has 2 atom stereocenters. The van der Waals surface area contributed by atoms with Crippen molar-refractivity contribution in [3.05, 3.63) is 29.8 Å². The molecule has 0 heterocycles. The summed E-state index contributed by atoms with van der Waals surface area (Å²) in [6.07, 6.45) is 1.59. The van der Waals surface area contributed by atoms with E-state index < -0.39 is 33.6 Å². The molecule has 0 aliphatic carbocycles. The summed E-state index contributed by atoms with van der Waals surface area (Å²) in [4.78, 5) is 12.1. The van der Waals surface area contributed by atoms with Crippen molar-refractivity contribution in [2.75, 3.05) is 10.6 Å². The van der Waals surface area contributed by atoms with Crippen LogP contribution in [0.5, 0.6) is 0 Å². The smallest absolute Gasteiger partial charge is 0.243 e. The first-order valence-electron chi connectivity index (χ1n) is 6.82. The van der Waals surface area contributed by atoms with Gasteiger partial charge in [0.2, 0.25) is 15.9 Å². The van der Waals surface area contributed by atoms with Crippen molar-refractivity contribution < 1.29 is 22.0 Å². The number of benzene rings is 1. The molecule has 0 aliphatic rings. The number of sulfonamides is 1. The van der Waals surface area contributed by atoms with Crippen molar-refractivity contribution in [2.24, 2.45) is 0 Å². The zero-order valence-electron chi connectivity index (χ0n) is 12.9. The average Bonchev–Trinajstić information content (AvgIpc) is 2.41. The number of nitrogens with zero attached hydrogens (tertiary/aromatic N) is 1. The molecule has 1 aromatic carbocycles. The second kappa shape index (κ2) is 7.04. The van der Waals surface area contributed by atoms with Crippen molar-refractivity contribution in [1.29, 1.82) is 0 Å². The van der Waals surface area contributed by atoms with Crippen molar-refractivity contribution in [1.82, 2.24) is 5.32 Å². The lowest BCUT2D eigenvalue weighted by Gasteiger charge is -2.29. The largest absolute Gasteiger partial charge is 0.352 e. The lowest BCUT2D eigenvalue weighted by Crippen LogP contribution is -2.49. The van der Waals surface area contributed by atoms with E-state index in [9.17, 15) is 22.0 Å². The van der Waals surface area contributed by atoms with Crippen LogP contribution < -0.4 is 9.62 Å². The summed E-state index contributed by atoms with van der Waals surface area (Å²) in [5.74, 6) is -2.78. The SMILES string of the molecule is CC[C@H](C)NC(=O)[C@@H](C)N(c1ccc(F)c(F)c1)S(C)(=O)=O. The Morgan fingerprint density at radius 3 is 2.32 bits per heavy atom. The molecule has 0 saturated carbocycles. The van der Waals surface area contributed by atoms with E-state index in [2.05, 4.69) is 5.32 Å². The molecule has 0 radical (unpaired) electrons. The lowest BCUT2D eigenvalue weighted by atomic mass is 10.2. The number of carbonyl (C=O) groups is 1. The molecule has 0 saturated heterocycles. The topological polar surface area (TPSA) is 66.5 Å². The van der Waals surface area contributed by atoms with Gasteiger partial charge in [0.15, 0.2) is 11.6 Å². The zero-order chi connectivity index (χ0) is 17.1. The van der Waals surface area contributed by atoms with Crippen molar-refractivity contribution in [3.8, 4) is 0 Å². The third kappa shape index (κ3) is 4.40. The van der Waals surface area contributed by atoms with Gasteiger partial charge in [-0.3, -0.25) is 9.10 Å². The predicted molar refractivity (Wildman–Crippen MR) is 81.0 cm³/mol. The van der Waals surface area contributed by atoms with E-state index in [1.54, 1.807) is 6.92 Å². The minimum atomic E-state index is -3.85. The van der Waals surface area contributed by atoms with Gasteiger partial charge < -0.3 is 5.32 Å². The van der Waals surface area contributed by atoms with E-state index in [4.69, 9.17) is 0 Å². The lowest BCUT2D eigenvalue weighted by molar-refractivity contribution is -0.122. The molecule has 0 bridgehead atoms. The Morgan fingerprint density at radius 1 is 1.27 bits per heavy atom. The Bertz CT molecular complexity index is 649. The summed E-state index contributed by atoms with van der Waals surface area (Å²) in [5.41, 5.74) is -0.104. The van der Waals surface area contributed by atoms with Crippen LogP contribution in [0.4, 0.5) is 14.5 Å². The van der Waals surface area contributed by atoms with Gasteiger partial charge in [-0.05, 0) is 32.4 Å². The fourth-order valence-corrected chi connectivity index (χ4v) is 3.06. The Kier molecular flexibility index (Phi) is 5.87. The van der Waals surface area contributed by atoms with Crippen LogP contribution in [0, 0.1) is 11.6 Å². The number of amides is 1. The first kappa shape index (κ1) is 18.3. The highest BCUT2D eigenvalue weighted by atomic mass is 32.2. The normalized spacial score (nSPS) is 14.3. The van der Waals surface area contributed by atoms with Gasteiger partial charge in [-0.2, -0.15) is 0 Å². The zero-order valence-corrected chi connectivity index (χ0v) is 13.7. The fraction of sp³-hybridized carbons (Fsp3) is 0.500. The third-order valence-electron chi connectivity index (χ3n) is 3.25. The minimum Gasteiger partial charge on any atom is -0.352 e. The molecule has 5 nitrogen and oxygen atoms in total. The molecular weight excluding hydrogens is 314 g/mol. The van der Waals surface area contributed by atoms with Gasteiger partial charge in [0.25, 0.3) is 0 Å². The van der Waals surface area contributed by atoms with Crippen LogP contribution in [0.2, 0.25) is 0 Å². The van der Waals surface area contributed by atoms with Crippen LogP contribution in [-0.2, 0) is 14.8 Å². The summed E-state index contributed by atoms with van der Waals surface area (Å²) in [5, 5.41) is 2.66. The highest BCUT2D eigenvalue weighted by Gasteiger charge is 2.30. The van der Waals surface area contributed by atoms with Crippen molar-refractivity contribution in [2.45, 2.75) is 39.3 Å². The molecule has 0 unspecified atom stereocenters. The molecule has 0 aromatic heterocycles. The van der Waals surface area contributed by atoms with Gasteiger partial charge in [-0.25, -0.2) is 17.2 Å². The Balaban J connectivity index is 3.19. The summed E-state index contributed by atoms with van der Waals surface area (Å²) < 4.78 is 51.1. The van der Waals surface area contributed by atoms with Crippen LogP contribution in [0.15, 0.2) is 18.2 Å². The maximum atomic E-state index is 13.4. The first-order chi connectivity index (χ1) is 10.1. The van der Waals surface area contributed by atoms with Gasteiger partial charge in [0.05, 0.1) is 11.9 Å². The van der Waals surface area contributed by atoms with Crippen LogP contribution in [0.25, 0.3) is 0 Å². The number of halogens is 2. The molecule has 0 aliphatic heterocycles.